The van der Waals surface area contributed by atoms with Crippen molar-refractivity contribution in [3.63, 3.8) is 0 Å². The highest BCUT2D eigenvalue weighted by atomic mass is 79.9. The molecule has 0 N–H and O–H groups in total. The molecule has 0 spiro atoms. The standard InChI is InChI=1S/C21H20BrClN2O5S4/c22-14-3-5-18-16(11-14)24(7-1-9-33(26)27)20(31-18)13-21-25(8-2-10-34(28,29)30)17-12-15(23)4-6-19(17)32-21/h3-6,11-13H,1-2,7-10H2,(H-,26,27,28,29,30)/p-1. The van der Waals surface area contributed by atoms with Crippen molar-refractivity contribution in [1.82, 2.24) is 0 Å². The summed E-state index contributed by atoms with van der Waals surface area (Å²) in [6, 6.07) is 11.5. The lowest BCUT2D eigenvalue weighted by Gasteiger charge is -2.20. The first-order chi connectivity index (χ1) is 16.1. The fraction of sp³-hybridized carbons (Fsp3) is 0.286. The SMILES string of the molecule is O=S([O-])CCC[n+]1c(/C=C2\Sc3ccc(Cl)cc3N2CCCS(=O)(=O)[O-])sc2ccc(Br)cc21. The van der Waals surface area contributed by atoms with Crippen molar-refractivity contribution >= 4 is 93.8 Å². The molecular formula is C21H19BrClN2O5S4-. The highest BCUT2D eigenvalue weighted by Gasteiger charge is 2.28. The number of hydrogen-bond acceptors (Lipinski definition) is 8. The molecular weight excluding hydrogens is 604 g/mol. The molecule has 34 heavy (non-hydrogen) atoms. The number of benzene rings is 2. The van der Waals surface area contributed by atoms with Gasteiger partial charge in [0.2, 0.25) is 5.52 Å². The van der Waals surface area contributed by atoms with Crippen LogP contribution in [0, 0.1) is 0 Å². The number of nitrogens with zero attached hydrogens (tertiary/aromatic N) is 2. The molecule has 4 rings (SSSR count). The molecule has 0 fully saturated rings. The second kappa shape index (κ2) is 11.0. The number of hydrogen-bond donors (Lipinski definition) is 0. The van der Waals surface area contributed by atoms with Crippen molar-refractivity contribution in [3.05, 3.63) is 55.9 Å². The van der Waals surface area contributed by atoms with Crippen LogP contribution >= 0.6 is 50.6 Å². The number of fused-ring (bicyclic) bond motifs is 2. The van der Waals surface area contributed by atoms with Crippen molar-refractivity contribution in [1.29, 1.82) is 0 Å². The molecule has 1 aliphatic heterocycles. The van der Waals surface area contributed by atoms with Crippen LogP contribution < -0.4 is 9.47 Å². The predicted molar refractivity (Wildman–Crippen MR) is 140 cm³/mol. The molecule has 1 aromatic heterocycles. The quantitative estimate of drug-likeness (QED) is 0.193. The minimum absolute atomic E-state index is 0.0723. The maximum Gasteiger partial charge on any atom is 0.265 e. The van der Waals surface area contributed by atoms with Gasteiger partial charge in [-0.15, -0.1) is 0 Å². The van der Waals surface area contributed by atoms with Gasteiger partial charge < -0.3 is 14.0 Å². The van der Waals surface area contributed by atoms with Crippen molar-refractivity contribution in [2.45, 2.75) is 24.3 Å². The van der Waals surface area contributed by atoms with Gasteiger partial charge in [-0.05, 0) is 36.8 Å². The van der Waals surface area contributed by atoms with Gasteiger partial charge in [0.15, 0.2) is 6.54 Å². The van der Waals surface area contributed by atoms with E-state index in [0.29, 0.717) is 24.5 Å². The van der Waals surface area contributed by atoms with Gasteiger partial charge in [0.25, 0.3) is 5.01 Å². The third-order valence-electron chi connectivity index (χ3n) is 5.10. The van der Waals surface area contributed by atoms with Gasteiger partial charge in [0, 0.05) is 44.9 Å². The molecule has 1 atom stereocenters. The first-order valence-corrected chi connectivity index (χ1v) is 15.8. The van der Waals surface area contributed by atoms with E-state index in [0.717, 1.165) is 35.3 Å². The molecule has 13 heteroatoms. The molecule has 182 valence electrons. The molecule has 3 aromatic rings. The molecule has 2 aromatic carbocycles. The molecule has 1 unspecified atom stereocenters. The zero-order valence-electron chi connectivity index (χ0n) is 17.6. The predicted octanol–water partition coefficient (Wildman–Crippen LogP) is 4.72. The normalized spacial score (nSPS) is 15.9. The third kappa shape index (κ3) is 6.41. The summed E-state index contributed by atoms with van der Waals surface area (Å²) in [7, 11) is -4.31. The lowest BCUT2D eigenvalue weighted by Crippen LogP contribution is -2.36. The Kier molecular flexibility index (Phi) is 8.40. The van der Waals surface area contributed by atoms with Crippen LogP contribution in [-0.2, 0) is 27.7 Å². The lowest BCUT2D eigenvalue weighted by atomic mass is 10.2. The Morgan fingerprint density at radius 3 is 2.74 bits per heavy atom. The minimum Gasteiger partial charge on any atom is -0.772 e. The Bertz CT molecular complexity index is 1390. The monoisotopic (exact) mass is 621 g/mol. The molecule has 7 nitrogen and oxygen atoms in total. The van der Waals surface area contributed by atoms with Crippen LogP contribution in [0.25, 0.3) is 16.3 Å². The summed E-state index contributed by atoms with van der Waals surface area (Å²) in [6.45, 7) is 0.876. The van der Waals surface area contributed by atoms with Crippen LogP contribution in [0.1, 0.15) is 17.8 Å². The van der Waals surface area contributed by atoms with Gasteiger partial charge in [0.05, 0.1) is 26.9 Å². The Morgan fingerprint density at radius 2 is 2.00 bits per heavy atom. The highest BCUT2D eigenvalue weighted by molar-refractivity contribution is 9.10. The van der Waals surface area contributed by atoms with Crippen LogP contribution in [0.3, 0.4) is 0 Å². The van der Waals surface area contributed by atoms with Crippen LogP contribution in [-0.4, -0.2) is 39.8 Å². The fourth-order valence-corrected chi connectivity index (χ4v) is 7.32. The van der Waals surface area contributed by atoms with E-state index in [1.54, 1.807) is 29.2 Å². The Balaban J connectivity index is 1.73. The smallest absolute Gasteiger partial charge is 0.265 e. The number of rotatable bonds is 9. The average Bonchev–Trinajstić information content (AvgIpc) is 3.25. The Morgan fingerprint density at radius 1 is 1.21 bits per heavy atom. The first-order valence-electron chi connectivity index (χ1n) is 10.2. The Labute approximate surface area is 222 Å². The number of aryl methyl sites for hydroxylation is 1. The van der Waals surface area contributed by atoms with E-state index in [-0.39, 0.29) is 12.2 Å². The Hall–Kier alpha value is -0.990. The van der Waals surface area contributed by atoms with Gasteiger partial charge in [-0.3, -0.25) is 4.21 Å². The summed E-state index contributed by atoms with van der Waals surface area (Å²) in [4.78, 5) is 2.96. The fourth-order valence-electron chi connectivity index (χ4n) is 3.67. The summed E-state index contributed by atoms with van der Waals surface area (Å²) in [6.07, 6.45) is 2.69. The maximum absolute atomic E-state index is 11.1. The van der Waals surface area contributed by atoms with Gasteiger partial charge in [-0.25, -0.2) is 8.42 Å². The topological polar surface area (TPSA) is 104 Å². The third-order valence-corrected chi connectivity index (χ3v) is 9.46. The zero-order valence-corrected chi connectivity index (χ0v) is 23.2. The average molecular weight is 623 g/mol. The van der Waals surface area contributed by atoms with Gasteiger partial charge in [-0.2, -0.15) is 4.57 Å². The van der Waals surface area contributed by atoms with E-state index >= 15 is 0 Å². The van der Waals surface area contributed by atoms with Crippen molar-refractivity contribution < 1.29 is 26.3 Å². The minimum atomic E-state index is -4.31. The maximum atomic E-state index is 11.1. The number of thioether (sulfide) groups is 1. The largest absolute Gasteiger partial charge is 0.772 e. The van der Waals surface area contributed by atoms with E-state index in [1.165, 1.54) is 0 Å². The van der Waals surface area contributed by atoms with Crippen molar-refractivity contribution in [2.24, 2.45) is 0 Å². The van der Waals surface area contributed by atoms with Crippen LogP contribution in [0.2, 0.25) is 5.02 Å². The van der Waals surface area contributed by atoms with Gasteiger partial charge in [-0.1, -0.05) is 61.7 Å². The second-order valence-corrected chi connectivity index (χ2v) is 13.5. The summed E-state index contributed by atoms with van der Waals surface area (Å²) in [5.74, 6) is -0.372. The van der Waals surface area contributed by atoms with Crippen LogP contribution in [0.5, 0.6) is 0 Å². The summed E-state index contributed by atoms with van der Waals surface area (Å²) in [5, 5.41) is 2.38. The lowest BCUT2D eigenvalue weighted by molar-refractivity contribution is -0.668. The molecule has 0 amide bonds. The van der Waals surface area contributed by atoms with Crippen LogP contribution in [0.4, 0.5) is 5.69 Å². The molecule has 2 heterocycles. The molecule has 0 saturated heterocycles. The van der Waals surface area contributed by atoms with Crippen molar-refractivity contribution in [2.75, 3.05) is 23.0 Å². The number of anilines is 1. The van der Waals surface area contributed by atoms with E-state index in [4.69, 9.17) is 11.6 Å². The van der Waals surface area contributed by atoms with Gasteiger partial charge >= 0.3 is 0 Å². The molecule has 0 bridgehead atoms. The van der Waals surface area contributed by atoms with Gasteiger partial charge in [0.1, 0.15) is 4.70 Å². The number of thiazole rings is 1. The van der Waals surface area contributed by atoms with Crippen LogP contribution in [0.15, 0.2) is 50.8 Å². The summed E-state index contributed by atoms with van der Waals surface area (Å²) < 4.78 is 59.6. The second-order valence-electron chi connectivity index (χ2n) is 7.53. The van der Waals surface area contributed by atoms with E-state index < -0.39 is 27.0 Å². The van der Waals surface area contributed by atoms with Crippen molar-refractivity contribution in [3.8, 4) is 0 Å². The molecule has 1 aliphatic rings. The molecule has 0 aliphatic carbocycles. The van der Waals surface area contributed by atoms with E-state index in [2.05, 4.69) is 20.5 Å². The number of aromatic nitrogens is 1. The van der Waals surface area contributed by atoms with E-state index in [9.17, 15) is 21.7 Å². The summed E-state index contributed by atoms with van der Waals surface area (Å²) in [5.41, 5.74) is 1.86. The molecule has 0 radical (unpaired) electrons. The van der Waals surface area contributed by atoms with E-state index in [1.807, 2.05) is 41.3 Å². The zero-order chi connectivity index (χ0) is 24.5. The first kappa shape index (κ1) is 26.1. The number of halogens is 2. The summed E-state index contributed by atoms with van der Waals surface area (Å²) >= 11 is 10.8. The highest BCUT2D eigenvalue weighted by Crippen LogP contribution is 2.47. The molecule has 0 saturated carbocycles.